The average molecular weight is 265 g/mol. The van der Waals surface area contributed by atoms with Gasteiger partial charge in [-0.3, -0.25) is 4.21 Å². The summed E-state index contributed by atoms with van der Waals surface area (Å²) in [4.78, 5) is 0. The van der Waals surface area contributed by atoms with E-state index in [-0.39, 0.29) is 11.6 Å². The predicted molar refractivity (Wildman–Crippen MR) is 78.5 cm³/mol. The van der Waals surface area contributed by atoms with Crippen LogP contribution in [0.4, 0.5) is 0 Å². The Balaban J connectivity index is 2.40. The third kappa shape index (κ3) is 2.83. The second kappa shape index (κ2) is 4.78. The molecule has 1 fully saturated rings. The Morgan fingerprint density at radius 2 is 1.78 bits per heavy atom. The third-order valence-electron chi connectivity index (χ3n) is 3.53. The van der Waals surface area contributed by atoms with Crippen LogP contribution in [-0.4, -0.2) is 21.3 Å². The van der Waals surface area contributed by atoms with Crippen LogP contribution in [0.1, 0.15) is 42.1 Å². The second-order valence-corrected chi connectivity index (χ2v) is 7.65. The first-order valence-electron chi connectivity index (χ1n) is 6.49. The number of nitrogens with one attached hydrogen (secondary N) is 1. The predicted octanol–water partition coefficient (Wildman–Crippen LogP) is 2.78. The summed E-state index contributed by atoms with van der Waals surface area (Å²) in [5.41, 5.74) is 5.20. The molecule has 2 nitrogen and oxygen atoms in total. The molecule has 0 bridgehead atoms. The van der Waals surface area contributed by atoms with E-state index in [0.717, 1.165) is 11.5 Å². The van der Waals surface area contributed by atoms with E-state index < -0.39 is 10.8 Å². The summed E-state index contributed by atoms with van der Waals surface area (Å²) in [6.45, 7) is 10.7. The summed E-state index contributed by atoms with van der Waals surface area (Å²) in [6.07, 6.45) is 0. The maximum atomic E-state index is 12.0. The molecule has 100 valence electrons. The minimum atomic E-state index is -0.725. The molecular formula is C15H23NOS. The van der Waals surface area contributed by atoms with Crippen molar-refractivity contribution in [2.45, 2.75) is 46.2 Å². The second-order valence-electron chi connectivity index (χ2n) is 6.14. The highest BCUT2D eigenvalue weighted by molar-refractivity contribution is 7.85. The fourth-order valence-electron chi connectivity index (χ4n) is 3.10. The van der Waals surface area contributed by atoms with Gasteiger partial charge in [0, 0.05) is 33.9 Å². The lowest BCUT2D eigenvalue weighted by molar-refractivity contribution is 0.367. The molecule has 2 unspecified atom stereocenters. The van der Waals surface area contributed by atoms with Crippen molar-refractivity contribution in [2.24, 2.45) is 0 Å². The molecule has 0 aliphatic carbocycles. The normalized spacial score (nSPS) is 27.2. The Bertz CT molecular complexity index is 470. The van der Waals surface area contributed by atoms with E-state index in [0.29, 0.717) is 0 Å². The van der Waals surface area contributed by atoms with Crippen molar-refractivity contribution in [3.63, 3.8) is 0 Å². The summed E-state index contributed by atoms with van der Waals surface area (Å²) >= 11 is 0. The van der Waals surface area contributed by atoms with Crippen LogP contribution in [0.3, 0.4) is 0 Å². The van der Waals surface area contributed by atoms with Crippen LogP contribution in [-0.2, 0) is 10.8 Å². The summed E-state index contributed by atoms with van der Waals surface area (Å²) in [7, 11) is -0.725. The van der Waals surface area contributed by atoms with E-state index in [4.69, 9.17) is 0 Å². The number of hydrogen-bond acceptors (Lipinski definition) is 2. The molecule has 1 N–H and O–H groups in total. The maximum Gasteiger partial charge on any atom is 0.0446 e. The van der Waals surface area contributed by atoms with E-state index in [1.165, 1.54) is 22.3 Å². The molecule has 1 aliphatic rings. The van der Waals surface area contributed by atoms with Gasteiger partial charge in [0.2, 0.25) is 0 Å². The van der Waals surface area contributed by atoms with E-state index in [1.807, 2.05) is 0 Å². The van der Waals surface area contributed by atoms with Gasteiger partial charge in [0.25, 0.3) is 0 Å². The van der Waals surface area contributed by atoms with Crippen LogP contribution in [0.25, 0.3) is 0 Å². The summed E-state index contributed by atoms with van der Waals surface area (Å²) in [6, 6.07) is 4.65. The lowest BCUT2D eigenvalue weighted by atomic mass is 9.93. The zero-order valence-electron chi connectivity index (χ0n) is 12.0. The molecule has 3 heteroatoms. The first kappa shape index (κ1) is 13.8. The van der Waals surface area contributed by atoms with Crippen LogP contribution in [0.5, 0.6) is 0 Å². The first-order valence-corrected chi connectivity index (χ1v) is 7.98. The van der Waals surface area contributed by atoms with Crippen molar-refractivity contribution in [1.82, 2.24) is 5.32 Å². The van der Waals surface area contributed by atoms with Gasteiger partial charge < -0.3 is 5.32 Å². The van der Waals surface area contributed by atoms with Gasteiger partial charge in [0.15, 0.2) is 0 Å². The van der Waals surface area contributed by atoms with E-state index in [9.17, 15) is 4.21 Å². The molecule has 0 spiro atoms. The Kier molecular flexibility index (Phi) is 3.65. The van der Waals surface area contributed by atoms with Gasteiger partial charge in [-0.05, 0) is 51.3 Å². The minimum Gasteiger partial charge on any atom is -0.303 e. The van der Waals surface area contributed by atoms with Gasteiger partial charge in [-0.2, -0.15) is 0 Å². The van der Waals surface area contributed by atoms with Crippen LogP contribution in [0, 0.1) is 20.8 Å². The highest BCUT2D eigenvalue weighted by Crippen LogP contribution is 2.29. The average Bonchev–Trinajstić information content (AvgIpc) is 2.11. The summed E-state index contributed by atoms with van der Waals surface area (Å²) in [5, 5.41) is 3.65. The number of rotatable bonds is 1. The molecule has 0 saturated carbocycles. The van der Waals surface area contributed by atoms with Gasteiger partial charge >= 0.3 is 0 Å². The van der Waals surface area contributed by atoms with Gasteiger partial charge in [0.05, 0.1) is 0 Å². The number of benzene rings is 1. The molecule has 1 aromatic carbocycles. The summed E-state index contributed by atoms with van der Waals surface area (Å²) < 4.78 is 12.0. The highest BCUT2D eigenvalue weighted by Gasteiger charge is 2.33. The maximum absolute atomic E-state index is 12.0. The Labute approximate surface area is 113 Å². The number of hydrogen-bond donors (Lipinski definition) is 1. The molecule has 0 aromatic heterocycles. The Morgan fingerprint density at radius 1 is 1.22 bits per heavy atom. The van der Waals surface area contributed by atoms with Crippen molar-refractivity contribution in [3.05, 3.63) is 34.4 Å². The Morgan fingerprint density at radius 3 is 2.28 bits per heavy atom. The fourth-order valence-corrected chi connectivity index (χ4v) is 4.73. The molecule has 18 heavy (non-hydrogen) atoms. The number of aryl methyl sites for hydroxylation is 3. The van der Waals surface area contributed by atoms with Gasteiger partial charge in [-0.1, -0.05) is 17.7 Å². The smallest absolute Gasteiger partial charge is 0.0446 e. The molecule has 1 heterocycles. The zero-order valence-corrected chi connectivity index (χ0v) is 12.8. The molecule has 2 atom stereocenters. The fraction of sp³-hybridized carbons (Fsp3) is 0.600. The molecule has 1 aliphatic heterocycles. The van der Waals surface area contributed by atoms with Crippen molar-refractivity contribution in [3.8, 4) is 0 Å². The third-order valence-corrected chi connectivity index (χ3v) is 5.27. The van der Waals surface area contributed by atoms with Crippen molar-refractivity contribution < 1.29 is 4.21 Å². The van der Waals surface area contributed by atoms with Crippen molar-refractivity contribution >= 4 is 10.8 Å². The quantitative estimate of drug-likeness (QED) is 0.846. The topological polar surface area (TPSA) is 29.1 Å². The molecule has 2 rings (SSSR count). The molecular weight excluding hydrogens is 242 g/mol. The van der Waals surface area contributed by atoms with E-state index in [1.54, 1.807) is 0 Å². The van der Waals surface area contributed by atoms with Gasteiger partial charge in [-0.25, -0.2) is 0 Å². The standard InChI is InChI=1S/C15H23NOS/c1-10-6-11(2)14(12(3)7-10)13-8-18(17)9-15(4,5)16-13/h6-7,13,16H,8-9H2,1-5H3. The zero-order chi connectivity index (χ0) is 13.5. The SMILES string of the molecule is Cc1cc(C)c(C2CS(=O)CC(C)(C)N2)c(C)c1. The van der Waals surface area contributed by atoms with Crippen LogP contribution in [0.2, 0.25) is 0 Å². The highest BCUT2D eigenvalue weighted by atomic mass is 32.2. The molecule has 0 amide bonds. The van der Waals surface area contributed by atoms with Gasteiger partial charge in [0.1, 0.15) is 0 Å². The summed E-state index contributed by atoms with van der Waals surface area (Å²) in [5.74, 6) is 1.47. The van der Waals surface area contributed by atoms with E-state index >= 15 is 0 Å². The van der Waals surface area contributed by atoms with Crippen LogP contribution in [0.15, 0.2) is 12.1 Å². The van der Waals surface area contributed by atoms with Crippen molar-refractivity contribution in [1.29, 1.82) is 0 Å². The lowest BCUT2D eigenvalue weighted by Gasteiger charge is -2.38. The molecule has 1 saturated heterocycles. The lowest BCUT2D eigenvalue weighted by Crippen LogP contribution is -2.52. The Hall–Kier alpha value is -0.670. The van der Waals surface area contributed by atoms with Crippen molar-refractivity contribution in [2.75, 3.05) is 11.5 Å². The minimum absolute atomic E-state index is 0.0441. The monoisotopic (exact) mass is 265 g/mol. The first-order chi connectivity index (χ1) is 8.28. The van der Waals surface area contributed by atoms with Crippen LogP contribution < -0.4 is 5.32 Å². The van der Waals surface area contributed by atoms with E-state index in [2.05, 4.69) is 52.1 Å². The van der Waals surface area contributed by atoms with Gasteiger partial charge in [-0.15, -0.1) is 0 Å². The van der Waals surface area contributed by atoms with Crippen LogP contribution >= 0.6 is 0 Å². The largest absolute Gasteiger partial charge is 0.303 e. The molecule has 0 radical (unpaired) electrons. The molecule has 1 aromatic rings.